The Kier molecular flexibility index (Phi) is 11.8. The predicted molar refractivity (Wildman–Crippen MR) is 237 cm³/mol. The number of hydrogen-bond acceptors (Lipinski definition) is 12. The van der Waals surface area contributed by atoms with Gasteiger partial charge in [-0.25, -0.2) is 23.9 Å². The highest BCUT2D eigenvalue weighted by atomic mass is 32.1. The Morgan fingerprint density at radius 1 is 0.815 bits per heavy atom. The Morgan fingerprint density at radius 3 is 1.94 bits per heavy atom. The number of rotatable bonds is 11. The molecule has 9 rings (SSSR count). The first-order valence-electron chi connectivity index (χ1n) is 21.7. The summed E-state index contributed by atoms with van der Waals surface area (Å²) in [6.45, 7) is 8.51. The van der Waals surface area contributed by atoms with Crippen LogP contribution in [0.15, 0.2) is 54.2 Å². The molecule has 4 N–H and O–H groups in total. The summed E-state index contributed by atoms with van der Waals surface area (Å²) in [6, 6.07) is 8.88. The van der Waals surface area contributed by atoms with Crippen LogP contribution in [0.5, 0.6) is 5.75 Å². The van der Waals surface area contributed by atoms with Crippen LogP contribution in [-0.4, -0.2) is 107 Å². The summed E-state index contributed by atoms with van der Waals surface area (Å²) in [7, 11) is 2.53. The minimum Gasteiger partial charge on any atom is -0.463 e. The van der Waals surface area contributed by atoms with Crippen LogP contribution in [0.25, 0.3) is 44.7 Å². The molecule has 2 fully saturated rings. The maximum Gasteiger partial charge on any atom is 0.407 e. The molecule has 3 aliphatic rings. The quantitative estimate of drug-likeness (QED) is 0.103. The van der Waals surface area contributed by atoms with Gasteiger partial charge in [-0.2, -0.15) is 0 Å². The lowest BCUT2D eigenvalue weighted by Gasteiger charge is -2.30. The third kappa shape index (κ3) is 8.03. The van der Waals surface area contributed by atoms with E-state index in [1.807, 2.05) is 56.5 Å². The molecule has 0 saturated carbocycles. The number of nitrogens with one attached hydrogen (secondary N) is 4. The number of methoxy groups -OCH3 is 2. The number of imidazole rings is 2. The van der Waals surface area contributed by atoms with Crippen molar-refractivity contribution in [1.82, 2.24) is 54.5 Å². The topological polar surface area (TPSA) is 215 Å². The summed E-state index contributed by atoms with van der Waals surface area (Å²) in [6.07, 6.45) is 4.19. The van der Waals surface area contributed by atoms with Gasteiger partial charge >= 0.3 is 12.2 Å². The molecule has 0 bridgehead atoms. The standard InChI is InChI=1S/C45H50FN11O7S/c1-22(2)37(51-44(60)62-5)41(58)55-13-7-9-32(55)39-47-19-28(49-39)24-11-12-31-26(15-24)17-34-36-27(46)16-25(18-35(36)64-43(57(31)34)30-21-65-54-53-30)29-20-48-40(50-29)33-10-8-14-56(33)42(59)38(23(3)4)52-45(61)63-6/h11-12,15-23,32-33,37-38,43H,7-10,13-14H2,1-6H3,(H,47,49)(H,48,50)(H,51,60)(H,52,61)/t32-,33-,37?,38?,43?/m0/s1. The number of ether oxygens (including phenoxy) is 3. The summed E-state index contributed by atoms with van der Waals surface area (Å²) in [5.41, 5.74) is 4.85. The van der Waals surface area contributed by atoms with Gasteiger partial charge in [0, 0.05) is 35.0 Å². The highest BCUT2D eigenvalue weighted by Crippen LogP contribution is 2.47. The van der Waals surface area contributed by atoms with Crippen molar-refractivity contribution < 1.29 is 37.8 Å². The van der Waals surface area contributed by atoms with Gasteiger partial charge in [-0.1, -0.05) is 38.2 Å². The molecule has 65 heavy (non-hydrogen) atoms. The van der Waals surface area contributed by atoms with Crippen LogP contribution >= 0.6 is 11.5 Å². The summed E-state index contributed by atoms with van der Waals surface area (Å²) < 4.78 is 38.9. The van der Waals surface area contributed by atoms with E-state index in [4.69, 9.17) is 19.2 Å². The van der Waals surface area contributed by atoms with Crippen LogP contribution in [-0.2, 0) is 19.1 Å². The lowest BCUT2D eigenvalue weighted by Crippen LogP contribution is -2.51. The molecule has 340 valence electrons. The zero-order valence-electron chi connectivity index (χ0n) is 36.8. The third-order valence-electron chi connectivity index (χ3n) is 12.6. The van der Waals surface area contributed by atoms with Gasteiger partial charge in [-0.15, -0.1) is 5.10 Å². The summed E-state index contributed by atoms with van der Waals surface area (Å²) in [5, 5.41) is 12.3. The van der Waals surface area contributed by atoms with Gasteiger partial charge in [-0.05, 0) is 79.4 Å². The molecule has 2 aromatic carbocycles. The summed E-state index contributed by atoms with van der Waals surface area (Å²) in [4.78, 5) is 71.3. The molecule has 0 aliphatic carbocycles. The predicted octanol–water partition coefficient (Wildman–Crippen LogP) is 7.11. The summed E-state index contributed by atoms with van der Waals surface area (Å²) >= 11 is 1.19. The van der Waals surface area contributed by atoms with E-state index in [0.717, 1.165) is 35.0 Å². The van der Waals surface area contributed by atoms with Crippen molar-refractivity contribution in [2.75, 3.05) is 27.3 Å². The Hall–Kier alpha value is -6.83. The number of fused-ring (bicyclic) bond motifs is 5. The second-order valence-corrected chi connectivity index (χ2v) is 17.9. The number of nitrogens with zero attached hydrogens (tertiary/aromatic N) is 7. The highest BCUT2D eigenvalue weighted by molar-refractivity contribution is 7.03. The molecular weight excluding hydrogens is 858 g/mol. The molecule has 20 heteroatoms. The van der Waals surface area contributed by atoms with E-state index in [1.165, 1.54) is 31.8 Å². The van der Waals surface area contributed by atoms with Crippen LogP contribution in [0.3, 0.4) is 0 Å². The molecule has 18 nitrogen and oxygen atoms in total. The second kappa shape index (κ2) is 17.6. The Labute approximate surface area is 377 Å². The van der Waals surface area contributed by atoms with E-state index < -0.39 is 36.3 Å². The number of alkyl carbamates (subject to hydrolysis) is 2. The van der Waals surface area contributed by atoms with E-state index in [1.54, 1.807) is 33.6 Å². The van der Waals surface area contributed by atoms with Crippen LogP contribution in [0, 0.1) is 17.7 Å². The maximum atomic E-state index is 16.7. The van der Waals surface area contributed by atoms with Crippen LogP contribution in [0.1, 0.15) is 89.0 Å². The van der Waals surface area contributed by atoms with Gasteiger partial charge in [0.15, 0.2) is 0 Å². The lowest BCUT2D eigenvalue weighted by molar-refractivity contribution is -0.136. The number of carbonyl (C=O) groups excluding carboxylic acids is 4. The van der Waals surface area contributed by atoms with Crippen molar-refractivity contribution in [1.29, 1.82) is 0 Å². The number of aromatic nitrogens is 7. The number of halogens is 1. The fourth-order valence-electron chi connectivity index (χ4n) is 9.26. The maximum absolute atomic E-state index is 16.7. The second-order valence-electron chi connectivity index (χ2n) is 17.3. The number of amides is 4. The van der Waals surface area contributed by atoms with E-state index in [0.29, 0.717) is 66.0 Å². The number of hydrogen-bond donors (Lipinski definition) is 4. The summed E-state index contributed by atoms with van der Waals surface area (Å²) in [5.74, 6) is 0.249. The SMILES string of the molecule is COC(=O)NC(C(=O)N1CCC[C@H]1c1ncc(-c2cc(F)c3c(c2)OC(c2csnn2)n2c-3cc3cc(-c4cnc([C@@H]5CCCN5C(=O)C(NC(=O)OC)C(C)C)[nH]4)ccc32)[nH]1)C(C)C. The molecule has 3 aliphatic heterocycles. The minimum atomic E-state index is -0.778. The molecule has 0 radical (unpaired) electrons. The molecule has 4 amide bonds. The fourth-order valence-corrected chi connectivity index (χ4v) is 9.72. The van der Waals surface area contributed by atoms with Crippen molar-refractivity contribution in [2.24, 2.45) is 11.8 Å². The van der Waals surface area contributed by atoms with Gasteiger partial charge in [0.25, 0.3) is 0 Å². The van der Waals surface area contributed by atoms with E-state index in [2.05, 4.69) is 35.2 Å². The zero-order chi connectivity index (χ0) is 45.7. The first-order valence-corrected chi connectivity index (χ1v) is 22.5. The van der Waals surface area contributed by atoms with Gasteiger partial charge in [0.2, 0.25) is 18.0 Å². The Morgan fingerprint density at radius 2 is 1.40 bits per heavy atom. The average Bonchev–Trinajstić information content (AvgIpc) is 4.15. The number of benzene rings is 2. The third-order valence-corrected chi connectivity index (χ3v) is 13.1. The first-order chi connectivity index (χ1) is 31.3. The molecule has 5 atom stereocenters. The normalized spacial score (nSPS) is 18.9. The molecule has 6 aromatic rings. The van der Waals surface area contributed by atoms with E-state index >= 15 is 4.39 Å². The van der Waals surface area contributed by atoms with Crippen molar-refractivity contribution in [3.05, 3.63) is 77.3 Å². The Balaban J connectivity index is 1.01. The molecule has 4 aromatic heterocycles. The van der Waals surface area contributed by atoms with Crippen molar-refractivity contribution >= 4 is 46.4 Å². The number of likely N-dealkylation sites (tertiary alicyclic amines) is 2. The van der Waals surface area contributed by atoms with E-state index in [9.17, 15) is 19.2 Å². The fraction of sp³-hybridized carbons (Fsp3) is 0.422. The van der Waals surface area contributed by atoms with Crippen molar-refractivity contribution in [3.63, 3.8) is 0 Å². The largest absolute Gasteiger partial charge is 0.463 e. The minimum absolute atomic E-state index is 0.157. The molecule has 2 saturated heterocycles. The smallest absolute Gasteiger partial charge is 0.407 e. The average molecular weight is 908 g/mol. The van der Waals surface area contributed by atoms with Gasteiger partial charge in [-0.3, -0.25) is 14.2 Å². The van der Waals surface area contributed by atoms with Crippen LogP contribution < -0.4 is 15.4 Å². The van der Waals surface area contributed by atoms with Crippen molar-refractivity contribution in [3.8, 4) is 39.5 Å². The first kappa shape index (κ1) is 43.4. The molecule has 7 heterocycles. The number of carbonyl (C=O) groups is 4. The monoisotopic (exact) mass is 907 g/mol. The van der Waals surface area contributed by atoms with Gasteiger partial charge < -0.3 is 44.6 Å². The van der Waals surface area contributed by atoms with Gasteiger partial charge in [0.05, 0.1) is 66.9 Å². The van der Waals surface area contributed by atoms with E-state index in [-0.39, 0.29) is 41.3 Å². The van der Waals surface area contributed by atoms with Crippen LogP contribution in [0.4, 0.5) is 14.0 Å². The Bertz CT molecular complexity index is 2770. The number of H-pyrrole nitrogens is 2. The zero-order valence-corrected chi connectivity index (χ0v) is 37.6. The highest BCUT2D eigenvalue weighted by Gasteiger charge is 2.40. The van der Waals surface area contributed by atoms with Crippen molar-refractivity contribution in [2.45, 2.75) is 83.8 Å². The number of aromatic amines is 2. The molecule has 3 unspecified atom stereocenters. The van der Waals surface area contributed by atoms with Crippen LogP contribution in [0.2, 0.25) is 0 Å². The van der Waals surface area contributed by atoms with Gasteiger partial charge in [0.1, 0.15) is 41.0 Å². The lowest BCUT2D eigenvalue weighted by atomic mass is 10.0. The molecule has 0 spiro atoms. The molecular formula is C45H50FN11O7S.